The molecule has 0 unspecified atom stereocenters. The second kappa shape index (κ2) is 8.30. The molecule has 0 spiro atoms. The maximum atomic E-state index is 12.6. The summed E-state index contributed by atoms with van der Waals surface area (Å²) in [5.74, 6) is -1.09. The third-order valence-electron chi connectivity index (χ3n) is 4.31. The molecule has 0 radical (unpaired) electrons. The lowest BCUT2D eigenvalue weighted by molar-refractivity contribution is -0.153. The lowest BCUT2D eigenvalue weighted by Gasteiger charge is -2.26. The Morgan fingerprint density at radius 3 is 2.71 bits per heavy atom. The molecule has 10 heteroatoms. The zero-order chi connectivity index (χ0) is 20.3. The van der Waals surface area contributed by atoms with Gasteiger partial charge in [-0.3, -0.25) is 19.1 Å². The van der Waals surface area contributed by atoms with E-state index in [9.17, 15) is 14.4 Å². The highest BCUT2D eigenvalue weighted by Crippen LogP contribution is 2.20. The number of halogens is 1. The molecule has 1 N–H and O–H groups in total. The van der Waals surface area contributed by atoms with Crippen LogP contribution in [-0.2, 0) is 16.6 Å². The van der Waals surface area contributed by atoms with Gasteiger partial charge in [-0.1, -0.05) is 11.6 Å². The van der Waals surface area contributed by atoms with E-state index in [0.717, 1.165) is 0 Å². The summed E-state index contributed by atoms with van der Waals surface area (Å²) < 4.78 is 6.50. The molecule has 1 saturated heterocycles. The van der Waals surface area contributed by atoms with Gasteiger partial charge in [0.2, 0.25) is 0 Å². The fourth-order valence-corrected chi connectivity index (χ4v) is 3.16. The Hall–Kier alpha value is -3.07. The predicted molar refractivity (Wildman–Crippen MR) is 101 cm³/mol. The van der Waals surface area contributed by atoms with Crippen molar-refractivity contribution in [3.8, 4) is 0 Å². The van der Waals surface area contributed by atoms with Crippen LogP contribution >= 0.6 is 11.6 Å². The van der Waals surface area contributed by atoms with Gasteiger partial charge in [-0.05, 0) is 31.6 Å². The average Bonchev–Trinajstić information content (AvgIpc) is 3.40. The van der Waals surface area contributed by atoms with Gasteiger partial charge in [0.1, 0.15) is 5.15 Å². The number of hydrogen-bond donors (Lipinski definition) is 1. The molecule has 0 bridgehead atoms. The Kier molecular flexibility index (Phi) is 5.84. The smallest absolute Gasteiger partial charge is 0.287 e. The minimum Gasteiger partial charge on any atom is -0.459 e. The molecule has 0 aromatic carbocycles. The van der Waals surface area contributed by atoms with Crippen LogP contribution < -0.4 is 5.32 Å². The van der Waals surface area contributed by atoms with Crippen LogP contribution in [0.25, 0.3) is 6.08 Å². The number of aromatic nitrogens is 2. The van der Waals surface area contributed by atoms with E-state index < -0.39 is 5.91 Å². The van der Waals surface area contributed by atoms with Gasteiger partial charge in [-0.2, -0.15) is 5.10 Å². The number of rotatable bonds is 5. The topological polar surface area (TPSA) is 101 Å². The van der Waals surface area contributed by atoms with Gasteiger partial charge in [0, 0.05) is 31.8 Å². The number of aryl methyl sites for hydroxylation is 2. The lowest BCUT2D eigenvalue weighted by Crippen LogP contribution is -2.48. The molecule has 1 fully saturated rings. The van der Waals surface area contributed by atoms with Gasteiger partial charge in [0.05, 0.1) is 18.5 Å². The highest BCUT2D eigenvalue weighted by molar-refractivity contribution is 6.31. The second-order valence-electron chi connectivity index (χ2n) is 6.24. The molecule has 2 aromatic heterocycles. The molecule has 1 aliphatic heterocycles. The van der Waals surface area contributed by atoms with Crippen LogP contribution in [0.3, 0.4) is 0 Å². The Bertz CT molecular complexity index is 919. The number of hydrogen-bond acceptors (Lipinski definition) is 5. The fraction of sp³-hybridized carbons (Fsp3) is 0.333. The summed E-state index contributed by atoms with van der Waals surface area (Å²) in [5.41, 5.74) is 1.35. The molecule has 0 aliphatic carbocycles. The van der Waals surface area contributed by atoms with E-state index in [4.69, 9.17) is 16.0 Å². The van der Waals surface area contributed by atoms with Crippen LogP contribution in [0.15, 0.2) is 28.9 Å². The van der Waals surface area contributed by atoms with Crippen molar-refractivity contribution in [3.63, 3.8) is 0 Å². The normalized spacial score (nSPS) is 14.1. The summed E-state index contributed by atoms with van der Waals surface area (Å²) in [7, 11) is 1.71. The van der Waals surface area contributed by atoms with Crippen LogP contribution in [0, 0.1) is 6.92 Å². The van der Waals surface area contributed by atoms with Crippen molar-refractivity contribution in [2.24, 2.45) is 7.05 Å². The quantitative estimate of drug-likeness (QED) is 0.757. The molecular weight excluding hydrogens is 386 g/mol. The van der Waals surface area contributed by atoms with E-state index in [2.05, 4.69) is 10.4 Å². The molecule has 28 heavy (non-hydrogen) atoms. The first-order chi connectivity index (χ1) is 13.4. The molecule has 2 aromatic rings. The number of nitrogens with one attached hydrogen (secondary N) is 1. The van der Waals surface area contributed by atoms with Crippen molar-refractivity contribution in [1.29, 1.82) is 0 Å². The summed E-state index contributed by atoms with van der Waals surface area (Å²) in [6, 6.07) is 3.09. The van der Waals surface area contributed by atoms with Gasteiger partial charge < -0.3 is 9.73 Å². The van der Waals surface area contributed by atoms with Crippen LogP contribution in [0.1, 0.15) is 28.2 Å². The summed E-state index contributed by atoms with van der Waals surface area (Å²) >= 11 is 6.16. The number of nitrogens with zero attached hydrogens (tertiary/aromatic N) is 4. The summed E-state index contributed by atoms with van der Waals surface area (Å²) in [6.45, 7) is 2.38. The van der Waals surface area contributed by atoms with Crippen molar-refractivity contribution in [3.05, 3.63) is 46.6 Å². The Morgan fingerprint density at radius 2 is 2.07 bits per heavy atom. The zero-order valence-electron chi connectivity index (χ0n) is 15.5. The van der Waals surface area contributed by atoms with E-state index in [0.29, 0.717) is 35.9 Å². The number of hydrazine groups is 1. The standard InChI is InChI=1S/C18H20ClN5O4/c1-12-13(17(19)22(2)21-12)6-7-15(25)23-8-4-9-24(23)16(26)11-20-18(27)14-5-3-10-28-14/h3,5-7,10H,4,8-9,11H2,1-2H3,(H,20,27). The Labute approximate surface area is 166 Å². The van der Waals surface area contributed by atoms with E-state index in [-0.39, 0.29) is 24.1 Å². The van der Waals surface area contributed by atoms with Crippen molar-refractivity contribution in [1.82, 2.24) is 25.1 Å². The van der Waals surface area contributed by atoms with Crippen LogP contribution in [0.2, 0.25) is 5.15 Å². The summed E-state index contributed by atoms with van der Waals surface area (Å²) in [6.07, 6.45) is 4.99. The largest absolute Gasteiger partial charge is 0.459 e. The lowest BCUT2D eigenvalue weighted by atomic mass is 10.2. The Balaban J connectivity index is 1.61. The van der Waals surface area contributed by atoms with Gasteiger partial charge >= 0.3 is 0 Å². The van der Waals surface area contributed by atoms with E-state index in [1.54, 1.807) is 26.1 Å². The maximum Gasteiger partial charge on any atom is 0.287 e. The van der Waals surface area contributed by atoms with Gasteiger partial charge in [0.15, 0.2) is 5.76 Å². The monoisotopic (exact) mass is 405 g/mol. The number of amides is 3. The third-order valence-corrected chi connectivity index (χ3v) is 4.76. The van der Waals surface area contributed by atoms with Gasteiger partial charge in [0.25, 0.3) is 17.7 Å². The van der Waals surface area contributed by atoms with Crippen molar-refractivity contribution < 1.29 is 18.8 Å². The Morgan fingerprint density at radius 1 is 1.32 bits per heavy atom. The molecule has 148 valence electrons. The van der Waals surface area contributed by atoms with E-state index in [1.165, 1.54) is 33.1 Å². The van der Waals surface area contributed by atoms with Crippen molar-refractivity contribution in [2.45, 2.75) is 13.3 Å². The maximum absolute atomic E-state index is 12.6. The minimum absolute atomic E-state index is 0.119. The van der Waals surface area contributed by atoms with Crippen molar-refractivity contribution >= 4 is 35.4 Å². The first-order valence-electron chi connectivity index (χ1n) is 8.69. The zero-order valence-corrected chi connectivity index (χ0v) is 16.3. The predicted octanol–water partition coefficient (Wildman–Crippen LogP) is 1.39. The van der Waals surface area contributed by atoms with Crippen LogP contribution in [-0.4, -0.2) is 57.2 Å². The molecule has 0 saturated carbocycles. The second-order valence-corrected chi connectivity index (χ2v) is 6.60. The first-order valence-corrected chi connectivity index (χ1v) is 9.07. The molecule has 0 atom stereocenters. The number of carbonyl (C=O) groups excluding carboxylic acids is 3. The molecule has 9 nitrogen and oxygen atoms in total. The van der Waals surface area contributed by atoms with E-state index in [1.807, 2.05) is 0 Å². The molecule has 3 heterocycles. The van der Waals surface area contributed by atoms with Gasteiger partial charge in [-0.15, -0.1) is 0 Å². The number of furan rings is 1. The summed E-state index contributed by atoms with van der Waals surface area (Å²) in [4.78, 5) is 36.9. The van der Waals surface area contributed by atoms with Gasteiger partial charge in [-0.25, -0.2) is 10.0 Å². The highest BCUT2D eigenvalue weighted by atomic mass is 35.5. The van der Waals surface area contributed by atoms with E-state index >= 15 is 0 Å². The highest BCUT2D eigenvalue weighted by Gasteiger charge is 2.29. The number of carbonyl (C=O) groups is 3. The van der Waals surface area contributed by atoms with Crippen LogP contribution in [0.5, 0.6) is 0 Å². The fourth-order valence-electron chi connectivity index (χ4n) is 2.92. The SMILES string of the molecule is Cc1nn(C)c(Cl)c1C=CC(=O)N1CCCN1C(=O)CNC(=O)c1ccco1. The minimum atomic E-state index is -0.489. The molecule has 3 rings (SSSR count). The molecule has 3 amide bonds. The molecular formula is C18H20ClN5O4. The third kappa shape index (κ3) is 4.09. The summed E-state index contributed by atoms with van der Waals surface area (Å²) in [5, 5.41) is 9.80. The first kappa shape index (κ1) is 19.7. The van der Waals surface area contributed by atoms with Crippen LogP contribution in [0.4, 0.5) is 0 Å². The average molecular weight is 406 g/mol. The van der Waals surface area contributed by atoms with Crippen molar-refractivity contribution in [2.75, 3.05) is 19.6 Å². The molecule has 1 aliphatic rings.